The molecule has 9 atom stereocenters. The number of nitrogens with zero attached hydrogens (tertiary/aromatic N) is 3. The zero-order valence-corrected chi connectivity index (χ0v) is 38.5. The van der Waals surface area contributed by atoms with Gasteiger partial charge in [0.25, 0.3) is 11.8 Å². The van der Waals surface area contributed by atoms with Crippen molar-refractivity contribution in [3.8, 4) is 5.75 Å². The van der Waals surface area contributed by atoms with Gasteiger partial charge in [-0.1, -0.05) is 49.2 Å². The van der Waals surface area contributed by atoms with Gasteiger partial charge in [0.2, 0.25) is 11.8 Å². The number of carbonyl (C=O) groups is 8. The fourth-order valence-corrected chi connectivity index (χ4v) is 8.96. The molecule has 4 aliphatic rings. The van der Waals surface area contributed by atoms with E-state index >= 15 is 0 Å². The van der Waals surface area contributed by atoms with Crippen molar-refractivity contribution in [1.82, 2.24) is 15.3 Å². The molecule has 21 heteroatoms. The Balaban J connectivity index is 1.36. The Bertz CT molecular complexity index is 2100. The molecule has 19 nitrogen and oxygen atoms in total. The quantitative estimate of drug-likeness (QED) is 0.154. The third-order valence-corrected chi connectivity index (χ3v) is 13.6. The number of carboxylic acid groups (broad SMARTS) is 1. The molecule has 350 valence electrons. The van der Waals surface area contributed by atoms with Gasteiger partial charge in [0, 0.05) is 57.4 Å². The van der Waals surface area contributed by atoms with E-state index in [4.69, 9.17) is 35.4 Å². The van der Waals surface area contributed by atoms with Crippen molar-refractivity contribution in [1.29, 1.82) is 0 Å². The Morgan fingerprint density at radius 2 is 1.78 bits per heavy atom. The minimum absolute atomic E-state index is 0.0230. The number of alkyl carbamates (subject to hydrolysis) is 1. The van der Waals surface area contributed by atoms with Gasteiger partial charge in [0.15, 0.2) is 0 Å². The molecule has 3 fully saturated rings. The number of amides is 5. The lowest BCUT2D eigenvalue weighted by molar-refractivity contribution is -0.195. The molecular formula is C43H55ClN4O15S. The highest BCUT2D eigenvalue weighted by atomic mass is 35.5. The summed E-state index contributed by atoms with van der Waals surface area (Å²) in [5, 5.41) is 24.7. The molecule has 7 unspecified atom stereocenters. The molecule has 5 rings (SSSR count). The van der Waals surface area contributed by atoms with Crippen LogP contribution in [0.25, 0.3) is 0 Å². The van der Waals surface area contributed by atoms with E-state index in [0.717, 1.165) is 27.8 Å². The number of fused-ring (bicyclic) bond motifs is 5. The number of hydroxylamine groups is 2. The molecule has 5 amide bonds. The molecule has 0 aromatic heterocycles. The highest BCUT2D eigenvalue weighted by molar-refractivity contribution is 7.99. The molecule has 1 aromatic carbocycles. The van der Waals surface area contributed by atoms with Gasteiger partial charge < -0.3 is 43.8 Å². The lowest BCUT2D eigenvalue weighted by Crippen LogP contribution is -2.60. The number of benzene rings is 1. The molecule has 4 heterocycles. The molecule has 0 radical (unpaired) electrons. The second-order valence-corrected chi connectivity index (χ2v) is 18.2. The van der Waals surface area contributed by atoms with E-state index in [1.165, 1.54) is 33.0 Å². The molecule has 3 N–H and O–H groups in total. The molecular weight excluding hydrogens is 880 g/mol. The van der Waals surface area contributed by atoms with Crippen LogP contribution in [-0.4, -0.2) is 136 Å². The maximum Gasteiger partial charge on any atom is 0.409 e. The number of halogens is 1. The van der Waals surface area contributed by atoms with Gasteiger partial charge in [0.1, 0.15) is 40.3 Å². The first-order valence-corrected chi connectivity index (χ1v) is 22.2. The summed E-state index contributed by atoms with van der Waals surface area (Å²) in [6.45, 7) is 8.43. The SMILES string of the molecule is COc1cc2cc(c1Cl)N(C)C(=O)CC(OC(=O)[C@H](C)N(C)C(=O)C[C@@H](CSCC(=O)ON1C(=O)CCC1=O)C(=O)O)C1(C)OC1C(C)C1CC(O)(NC(=O)O1)C(C)/C=C/C=C(\C)C2. The van der Waals surface area contributed by atoms with Gasteiger partial charge in [-0.3, -0.25) is 29.3 Å². The standard InChI is InChI=1S/C43H55ClN4O15S/c1-22-10-9-11-23(2)43(58)19-30(60-41(57)45-43)24(3)38-42(5,62-38)31(18-35(52)47(7)28-15-26(14-22)16-29(59-8)37(28)44)61-40(56)25(4)46(6)34(51)17-27(39(54)55)20-64-21-36(53)63-48-32(49)12-13-33(48)50/h9-11,15-16,23-25,27,30-31,38,58H,12-14,17-21H2,1-8H3,(H,45,57)(H,54,55)/b11-9+,22-10+/t23?,24?,25-,27-,30?,31?,38?,42?,43?/m0/s1. The summed E-state index contributed by atoms with van der Waals surface area (Å²) >= 11 is 7.58. The number of anilines is 1. The first-order valence-electron chi connectivity index (χ1n) is 20.7. The number of imide groups is 1. The summed E-state index contributed by atoms with van der Waals surface area (Å²) in [6.07, 6.45) is 0.888. The lowest BCUT2D eigenvalue weighted by atomic mass is 9.82. The van der Waals surface area contributed by atoms with Crippen LogP contribution in [0.5, 0.6) is 5.75 Å². The molecule has 4 bridgehead atoms. The van der Waals surface area contributed by atoms with Crippen molar-refractivity contribution in [3.63, 3.8) is 0 Å². The number of hydrogen-bond donors (Lipinski definition) is 3. The van der Waals surface area contributed by atoms with Crippen LogP contribution in [0.15, 0.2) is 35.9 Å². The Labute approximate surface area is 379 Å². The summed E-state index contributed by atoms with van der Waals surface area (Å²) < 4.78 is 23.5. The number of ether oxygens (including phenoxy) is 4. The van der Waals surface area contributed by atoms with E-state index in [0.29, 0.717) is 22.9 Å². The summed E-state index contributed by atoms with van der Waals surface area (Å²) in [4.78, 5) is 110. The number of likely N-dealkylation sites (N-methyl/N-ethyl adjacent to an activating group) is 1. The smallest absolute Gasteiger partial charge is 0.409 e. The third-order valence-electron chi connectivity index (χ3n) is 12.2. The molecule has 1 aromatic rings. The molecule has 0 spiro atoms. The zero-order valence-electron chi connectivity index (χ0n) is 36.9. The molecule has 64 heavy (non-hydrogen) atoms. The van der Waals surface area contributed by atoms with Crippen molar-refractivity contribution >= 4 is 76.7 Å². The van der Waals surface area contributed by atoms with Crippen LogP contribution >= 0.6 is 23.4 Å². The number of rotatable bonds is 12. The van der Waals surface area contributed by atoms with E-state index in [1.54, 1.807) is 45.1 Å². The number of thioether (sulfide) groups is 1. The number of carbonyl (C=O) groups excluding carboxylic acids is 7. The molecule has 3 saturated heterocycles. The van der Waals surface area contributed by atoms with Gasteiger partial charge in [0.05, 0.1) is 37.0 Å². The first-order chi connectivity index (χ1) is 30.0. The predicted molar refractivity (Wildman–Crippen MR) is 230 cm³/mol. The van der Waals surface area contributed by atoms with Crippen LogP contribution < -0.4 is 15.0 Å². The van der Waals surface area contributed by atoms with Crippen molar-refractivity contribution in [3.05, 3.63) is 46.5 Å². The normalized spacial score (nSPS) is 29.5. The second kappa shape index (κ2) is 20.3. The number of aliphatic carboxylic acids is 1. The summed E-state index contributed by atoms with van der Waals surface area (Å²) in [5.74, 6) is -8.66. The third kappa shape index (κ3) is 11.4. The Hall–Kier alpha value is -5.18. The highest BCUT2D eigenvalue weighted by Crippen LogP contribution is 2.49. The molecule has 0 saturated carbocycles. The second-order valence-electron chi connectivity index (χ2n) is 16.8. The van der Waals surface area contributed by atoms with E-state index < -0.39 is 120 Å². The predicted octanol–water partition coefficient (Wildman–Crippen LogP) is 3.57. The van der Waals surface area contributed by atoms with Crippen molar-refractivity contribution < 1.29 is 72.4 Å². The van der Waals surface area contributed by atoms with Crippen LogP contribution in [0, 0.1) is 17.8 Å². The minimum atomic E-state index is -1.70. The van der Waals surface area contributed by atoms with Crippen LogP contribution in [0.4, 0.5) is 10.5 Å². The van der Waals surface area contributed by atoms with E-state index in [1.807, 2.05) is 13.0 Å². The van der Waals surface area contributed by atoms with Crippen molar-refractivity contribution in [2.24, 2.45) is 17.8 Å². The van der Waals surface area contributed by atoms with E-state index in [2.05, 4.69) is 5.32 Å². The average Bonchev–Trinajstić information content (AvgIpc) is 3.84. The highest BCUT2D eigenvalue weighted by Gasteiger charge is 2.64. The van der Waals surface area contributed by atoms with Crippen molar-refractivity contribution in [2.45, 2.75) is 109 Å². The fourth-order valence-electron chi connectivity index (χ4n) is 7.77. The minimum Gasteiger partial charge on any atom is -0.495 e. The van der Waals surface area contributed by atoms with Gasteiger partial charge in [-0.2, -0.15) is 0 Å². The van der Waals surface area contributed by atoms with Crippen molar-refractivity contribution in [2.75, 3.05) is 37.6 Å². The maximum absolute atomic E-state index is 14.3. The fraction of sp³-hybridized carbons (Fsp3) is 0.581. The number of hydrogen-bond acceptors (Lipinski definition) is 15. The Morgan fingerprint density at radius 3 is 2.42 bits per heavy atom. The van der Waals surface area contributed by atoms with E-state index in [-0.39, 0.29) is 30.0 Å². The van der Waals surface area contributed by atoms with E-state index in [9.17, 15) is 48.6 Å². The van der Waals surface area contributed by atoms with Crippen LogP contribution in [0.2, 0.25) is 5.02 Å². The average molecular weight is 935 g/mol. The summed E-state index contributed by atoms with van der Waals surface area (Å²) in [6, 6.07) is 2.20. The monoisotopic (exact) mass is 934 g/mol. The Morgan fingerprint density at radius 1 is 1.11 bits per heavy atom. The number of epoxide rings is 1. The van der Waals surface area contributed by atoms with Gasteiger partial charge in [-0.05, 0) is 44.9 Å². The number of methoxy groups -OCH3 is 1. The van der Waals surface area contributed by atoms with Crippen LogP contribution in [-0.2, 0) is 59.0 Å². The number of nitrogens with one attached hydrogen (secondary N) is 1. The number of esters is 1. The lowest BCUT2D eigenvalue weighted by Gasteiger charge is -2.41. The largest absolute Gasteiger partial charge is 0.495 e. The molecule has 0 aliphatic carbocycles. The summed E-state index contributed by atoms with van der Waals surface area (Å²) in [5.41, 5.74) is -1.04. The van der Waals surface area contributed by atoms with Crippen LogP contribution in [0.1, 0.15) is 72.3 Å². The maximum atomic E-state index is 14.3. The number of allylic oxidation sites excluding steroid dienone is 3. The molecule has 4 aliphatic heterocycles. The summed E-state index contributed by atoms with van der Waals surface area (Å²) in [7, 11) is 4.25. The van der Waals surface area contributed by atoms with Gasteiger partial charge in [-0.15, -0.1) is 16.8 Å². The Kier molecular flexibility index (Phi) is 15.8. The van der Waals surface area contributed by atoms with Crippen LogP contribution in [0.3, 0.4) is 0 Å². The number of aliphatic hydroxyl groups is 1. The topological polar surface area (TPSA) is 248 Å². The zero-order chi connectivity index (χ0) is 47.4. The van der Waals surface area contributed by atoms with Gasteiger partial charge >= 0.3 is 24.0 Å². The number of carboxylic acids is 1. The van der Waals surface area contributed by atoms with Gasteiger partial charge in [-0.25, -0.2) is 14.4 Å². The first kappa shape index (κ1) is 49.8.